The number of nitrogens with zero attached hydrogens (tertiary/aromatic N) is 3. The first kappa shape index (κ1) is 22.1. The van der Waals surface area contributed by atoms with Gasteiger partial charge in [-0.05, 0) is 93.0 Å². The lowest BCUT2D eigenvalue weighted by Crippen LogP contribution is -1.97. The van der Waals surface area contributed by atoms with Gasteiger partial charge in [0.2, 0.25) is 0 Å². The smallest absolute Gasteiger partial charge is 0.346 e. The van der Waals surface area contributed by atoms with Gasteiger partial charge >= 0.3 is 5.97 Å². The van der Waals surface area contributed by atoms with E-state index in [0.717, 1.165) is 61.6 Å². The van der Waals surface area contributed by atoms with E-state index in [1.54, 1.807) is 6.07 Å². The Balaban J connectivity index is 1.97. The maximum atomic E-state index is 11.5. The van der Waals surface area contributed by atoms with Gasteiger partial charge in [0.1, 0.15) is 11.6 Å². The molecule has 2 aliphatic heterocycles. The molecule has 8 bridgehead atoms. The minimum Gasteiger partial charge on any atom is -0.477 e. The van der Waals surface area contributed by atoms with Gasteiger partial charge in [0, 0.05) is 27.7 Å². The molecular weight excluding hydrogens is 438 g/mol. The molecule has 0 saturated carbocycles. The summed E-state index contributed by atoms with van der Waals surface area (Å²) in [5, 5.41) is 18.8. The number of carboxylic acids is 1. The van der Waals surface area contributed by atoms with Crippen LogP contribution in [0.5, 0.6) is 0 Å². The lowest BCUT2D eigenvalue weighted by atomic mass is 10.1. The predicted octanol–water partition coefficient (Wildman–Crippen LogP) is 5.88. The SMILES string of the molecule is Cc1c2nc(c(C)c3ccc([nH]3)c(C)c3cc(/C=C(\C#N)C(=O)O)c([nH]3)c(C)c3nc1C=C3)C=C2. The van der Waals surface area contributed by atoms with E-state index in [1.807, 2.05) is 70.2 Å². The number of hydrogen-bond donors (Lipinski definition) is 3. The van der Waals surface area contributed by atoms with Gasteiger partial charge in [-0.15, -0.1) is 0 Å². The van der Waals surface area contributed by atoms with Crippen LogP contribution in [0.3, 0.4) is 0 Å². The maximum Gasteiger partial charge on any atom is 0.346 e. The van der Waals surface area contributed by atoms with Crippen molar-refractivity contribution in [2.45, 2.75) is 27.7 Å². The summed E-state index contributed by atoms with van der Waals surface area (Å²) in [5.41, 5.74) is 10.9. The molecule has 5 heterocycles. The van der Waals surface area contributed by atoms with Crippen molar-refractivity contribution in [3.05, 3.63) is 74.4 Å². The Morgan fingerprint density at radius 1 is 0.829 bits per heavy atom. The molecule has 7 heteroatoms. The third-order valence-electron chi connectivity index (χ3n) is 6.59. The molecule has 0 fully saturated rings. The molecule has 0 aliphatic carbocycles. The van der Waals surface area contributed by atoms with Gasteiger partial charge in [-0.1, -0.05) is 0 Å². The van der Waals surface area contributed by atoms with Gasteiger partial charge in [-0.25, -0.2) is 14.8 Å². The Labute approximate surface area is 201 Å². The number of carbonyl (C=O) groups is 1. The van der Waals surface area contributed by atoms with Crippen LogP contribution < -0.4 is 0 Å². The summed E-state index contributed by atoms with van der Waals surface area (Å²) in [6.45, 7) is 7.97. The summed E-state index contributed by atoms with van der Waals surface area (Å²) in [5.74, 6) is -1.27. The first-order valence-corrected chi connectivity index (χ1v) is 11.2. The number of aryl methyl sites for hydroxylation is 3. The van der Waals surface area contributed by atoms with Crippen molar-refractivity contribution in [2.75, 3.05) is 0 Å². The maximum absolute atomic E-state index is 11.5. The van der Waals surface area contributed by atoms with Crippen molar-refractivity contribution in [1.82, 2.24) is 19.9 Å². The molecule has 172 valence electrons. The van der Waals surface area contributed by atoms with Crippen molar-refractivity contribution >= 4 is 58.4 Å². The van der Waals surface area contributed by atoms with Crippen molar-refractivity contribution in [1.29, 1.82) is 5.26 Å². The molecule has 3 aromatic rings. The van der Waals surface area contributed by atoms with Gasteiger partial charge in [-0.2, -0.15) is 5.26 Å². The second-order valence-corrected chi connectivity index (χ2v) is 8.71. The zero-order valence-electron chi connectivity index (χ0n) is 19.8. The Morgan fingerprint density at radius 3 is 1.94 bits per heavy atom. The van der Waals surface area contributed by atoms with Gasteiger partial charge < -0.3 is 15.1 Å². The highest BCUT2D eigenvalue weighted by atomic mass is 16.4. The van der Waals surface area contributed by atoms with Crippen LogP contribution in [0.2, 0.25) is 0 Å². The molecule has 0 amide bonds. The number of fused-ring (bicyclic) bond motifs is 8. The van der Waals surface area contributed by atoms with Gasteiger partial charge in [0.05, 0.1) is 28.3 Å². The second-order valence-electron chi connectivity index (χ2n) is 8.71. The molecule has 3 N–H and O–H groups in total. The standard InChI is InChI=1S/C28H23N5O2/c1-14-20-5-6-21(30-20)15(2)23-9-10-25(32-23)17(4)27-18(11-19(13-29)28(34)35)12-26(33-27)16(3)24-8-7-22(14)31-24/h5-12,31,33H,1-4H3,(H,34,35)/b19-11+,20-14?,21-15?,22-14?,23-15?,24-16?,25-17?,26-16?,27-17?. The average Bonchev–Trinajstić information content (AvgIpc) is 3.65. The Morgan fingerprint density at radius 2 is 1.37 bits per heavy atom. The highest BCUT2D eigenvalue weighted by molar-refractivity contribution is 5.99. The average molecular weight is 462 g/mol. The molecule has 7 nitrogen and oxygen atoms in total. The van der Waals surface area contributed by atoms with E-state index >= 15 is 0 Å². The quantitative estimate of drug-likeness (QED) is 0.224. The highest BCUT2D eigenvalue weighted by Gasteiger charge is 2.14. The molecule has 5 rings (SSSR count). The van der Waals surface area contributed by atoms with Crippen molar-refractivity contribution in [3.8, 4) is 6.07 Å². The Kier molecular flexibility index (Phi) is 5.22. The number of rotatable bonds is 2. The lowest BCUT2D eigenvalue weighted by molar-refractivity contribution is -0.132. The number of aliphatic carboxylic acids is 1. The van der Waals surface area contributed by atoms with Crippen LogP contribution in [-0.4, -0.2) is 31.0 Å². The van der Waals surface area contributed by atoms with Crippen LogP contribution in [-0.2, 0) is 4.79 Å². The number of nitrogens with one attached hydrogen (secondary N) is 2. The third-order valence-corrected chi connectivity index (χ3v) is 6.59. The molecule has 0 spiro atoms. The fraction of sp³-hybridized carbons (Fsp3) is 0.143. The molecule has 0 radical (unpaired) electrons. The fourth-order valence-corrected chi connectivity index (χ4v) is 4.33. The van der Waals surface area contributed by atoms with Gasteiger partial charge in [0.15, 0.2) is 0 Å². The van der Waals surface area contributed by atoms with Crippen LogP contribution in [0.25, 0.3) is 52.4 Å². The molecular formula is C28H23N5O2. The number of carboxylic acid groups (broad SMARTS) is 1. The molecule has 0 saturated heterocycles. The largest absolute Gasteiger partial charge is 0.477 e. The minimum absolute atomic E-state index is 0.335. The molecule has 2 aliphatic rings. The fourth-order valence-electron chi connectivity index (χ4n) is 4.33. The van der Waals surface area contributed by atoms with E-state index in [4.69, 9.17) is 9.97 Å². The number of aromatic amines is 2. The topological polar surface area (TPSA) is 118 Å². The van der Waals surface area contributed by atoms with Crippen molar-refractivity contribution in [2.24, 2.45) is 0 Å². The minimum atomic E-state index is -1.27. The Hall–Kier alpha value is -4.70. The van der Waals surface area contributed by atoms with Crippen LogP contribution in [0.4, 0.5) is 0 Å². The number of hydrogen-bond acceptors (Lipinski definition) is 4. The first-order valence-electron chi connectivity index (χ1n) is 11.2. The van der Waals surface area contributed by atoms with Gasteiger partial charge in [0.25, 0.3) is 0 Å². The Bertz CT molecular complexity index is 1720. The zero-order valence-corrected chi connectivity index (χ0v) is 19.8. The summed E-state index contributed by atoms with van der Waals surface area (Å²) in [6.07, 6.45) is 9.33. The highest BCUT2D eigenvalue weighted by Crippen LogP contribution is 2.28. The summed E-state index contributed by atoms with van der Waals surface area (Å²) >= 11 is 0. The number of H-pyrrole nitrogens is 2. The monoisotopic (exact) mass is 461 g/mol. The van der Waals surface area contributed by atoms with E-state index in [2.05, 4.69) is 9.97 Å². The number of nitriles is 1. The summed E-state index contributed by atoms with van der Waals surface area (Å²) in [7, 11) is 0. The molecule has 35 heavy (non-hydrogen) atoms. The van der Waals surface area contributed by atoms with Crippen LogP contribution >= 0.6 is 0 Å². The van der Waals surface area contributed by atoms with Crippen LogP contribution in [0.15, 0.2) is 23.8 Å². The predicted molar refractivity (Wildman–Crippen MR) is 139 cm³/mol. The zero-order chi connectivity index (χ0) is 24.9. The molecule has 0 unspecified atom stereocenters. The summed E-state index contributed by atoms with van der Waals surface area (Å²) in [4.78, 5) is 28.2. The molecule has 3 aromatic heterocycles. The first-order chi connectivity index (χ1) is 16.8. The lowest BCUT2D eigenvalue weighted by Gasteiger charge is -1.98. The molecule has 0 aromatic carbocycles. The molecule has 0 atom stereocenters. The van der Waals surface area contributed by atoms with Gasteiger partial charge in [-0.3, -0.25) is 0 Å². The van der Waals surface area contributed by atoms with E-state index in [1.165, 1.54) is 6.08 Å². The van der Waals surface area contributed by atoms with E-state index in [9.17, 15) is 15.2 Å². The second kappa shape index (κ2) is 8.26. The van der Waals surface area contributed by atoms with Crippen molar-refractivity contribution in [3.63, 3.8) is 0 Å². The number of aromatic nitrogens is 4. The normalized spacial score (nSPS) is 12.7. The van der Waals surface area contributed by atoms with Crippen molar-refractivity contribution < 1.29 is 9.90 Å². The third kappa shape index (κ3) is 3.75. The van der Waals surface area contributed by atoms with E-state index < -0.39 is 5.97 Å². The summed E-state index contributed by atoms with van der Waals surface area (Å²) < 4.78 is 0. The van der Waals surface area contributed by atoms with Crippen LogP contribution in [0.1, 0.15) is 50.6 Å². The summed E-state index contributed by atoms with van der Waals surface area (Å²) in [6, 6.07) is 7.69. The van der Waals surface area contributed by atoms with E-state index in [0.29, 0.717) is 11.1 Å². The van der Waals surface area contributed by atoms with E-state index in [-0.39, 0.29) is 5.57 Å². The van der Waals surface area contributed by atoms with Crippen LogP contribution in [0, 0.1) is 39.0 Å².